The van der Waals surface area contributed by atoms with Crippen LogP contribution in [-0.2, 0) is 4.79 Å². The molecule has 0 spiro atoms. The number of carbonyl (C=O) groups excluding carboxylic acids is 1. The molecule has 0 saturated heterocycles. The van der Waals surface area contributed by atoms with Gasteiger partial charge in [-0.3, -0.25) is 4.79 Å². The van der Waals surface area contributed by atoms with Gasteiger partial charge in [0.15, 0.2) is 11.2 Å². The van der Waals surface area contributed by atoms with Gasteiger partial charge in [-0.05, 0) is 30.3 Å². The number of rotatable bonds is 2. The Morgan fingerprint density at radius 3 is 2.95 bits per heavy atom. The topological polar surface area (TPSA) is 68.0 Å². The number of anilines is 1. The average molecular weight is 271 g/mol. The predicted molar refractivity (Wildman–Crippen MR) is 71.5 cm³/mol. The van der Waals surface area contributed by atoms with E-state index in [2.05, 4.69) is 15.3 Å². The molecular formula is C14H10FN3O2. The molecule has 0 fully saturated rings. The lowest BCUT2D eigenvalue weighted by Gasteiger charge is -2.04. The molecule has 0 aliphatic rings. The van der Waals surface area contributed by atoms with Gasteiger partial charge in [0.25, 0.3) is 0 Å². The van der Waals surface area contributed by atoms with Gasteiger partial charge in [0, 0.05) is 18.8 Å². The smallest absolute Gasteiger partial charge is 0.231 e. The molecule has 0 aliphatic heterocycles. The minimum atomic E-state index is -0.481. The Labute approximate surface area is 113 Å². The average Bonchev–Trinajstić information content (AvgIpc) is 2.84. The zero-order valence-electron chi connectivity index (χ0n) is 10.6. The Hall–Kier alpha value is -2.76. The zero-order chi connectivity index (χ0) is 14.1. The van der Waals surface area contributed by atoms with Crippen LogP contribution in [0.2, 0.25) is 0 Å². The first-order valence-corrected chi connectivity index (χ1v) is 5.92. The summed E-state index contributed by atoms with van der Waals surface area (Å²) in [6.07, 6.45) is 1.58. The minimum Gasteiger partial charge on any atom is -0.434 e. The molecule has 2 heterocycles. The van der Waals surface area contributed by atoms with Gasteiger partial charge < -0.3 is 9.73 Å². The summed E-state index contributed by atoms with van der Waals surface area (Å²) in [6.45, 7) is 1.38. The zero-order valence-corrected chi connectivity index (χ0v) is 10.6. The fourth-order valence-corrected chi connectivity index (χ4v) is 1.85. The third-order valence-corrected chi connectivity index (χ3v) is 2.68. The van der Waals surface area contributed by atoms with Gasteiger partial charge in [-0.1, -0.05) is 0 Å². The van der Waals surface area contributed by atoms with Crippen LogP contribution in [0, 0.1) is 5.82 Å². The molecule has 1 N–H and O–H groups in total. The van der Waals surface area contributed by atoms with Gasteiger partial charge in [0.2, 0.25) is 11.8 Å². The van der Waals surface area contributed by atoms with Crippen molar-refractivity contribution in [2.75, 3.05) is 5.32 Å². The molecule has 2 aromatic heterocycles. The monoisotopic (exact) mass is 271 g/mol. The van der Waals surface area contributed by atoms with E-state index in [4.69, 9.17) is 4.42 Å². The minimum absolute atomic E-state index is 0.128. The van der Waals surface area contributed by atoms with Gasteiger partial charge in [-0.2, -0.15) is 4.98 Å². The lowest BCUT2D eigenvalue weighted by Crippen LogP contribution is -2.05. The van der Waals surface area contributed by atoms with Gasteiger partial charge in [-0.25, -0.2) is 9.37 Å². The van der Waals surface area contributed by atoms with Crippen molar-refractivity contribution in [3.05, 3.63) is 42.3 Å². The normalized spacial score (nSPS) is 10.7. The molecule has 5 nitrogen and oxygen atoms in total. The third kappa shape index (κ3) is 2.23. The molecule has 3 aromatic rings. The van der Waals surface area contributed by atoms with Crippen LogP contribution in [0.3, 0.4) is 0 Å². The first-order valence-electron chi connectivity index (χ1n) is 5.92. The van der Waals surface area contributed by atoms with Crippen LogP contribution in [0.1, 0.15) is 6.92 Å². The molecule has 0 unspecified atom stereocenters. The van der Waals surface area contributed by atoms with E-state index in [1.165, 1.54) is 25.1 Å². The molecule has 0 aliphatic carbocycles. The van der Waals surface area contributed by atoms with Crippen molar-refractivity contribution >= 4 is 22.8 Å². The molecular weight excluding hydrogens is 261 g/mol. The molecule has 0 bridgehead atoms. The summed E-state index contributed by atoms with van der Waals surface area (Å²) in [5.74, 6) is -0.587. The molecule has 0 radical (unpaired) electrons. The summed E-state index contributed by atoms with van der Waals surface area (Å²) in [6, 6.07) is 7.61. The number of aromatic nitrogens is 2. The van der Waals surface area contributed by atoms with Crippen molar-refractivity contribution in [1.29, 1.82) is 0 Å². The number of hydrogen-bond donors (Lipinski definition) is 1. The van der Waals surface area contributed by atoms with Crippen molar-refractivity contribution < 1.29 is 13.6 Å². The maximum absolute atomic E-state index is 13.9. The molecule has 0 saturated carbocycles. The fourth-order valence-electron chi connectivity index (χ4n) is 1.85. The summed E-state index contributed by atoms with van der Waals surface area (Å²) in [5.41, 5.74) is 1.54. The van der Waals surface area contributed by atoms with E-state index in [0.717, 1.165) is 0 Å². The van der Waals surface area contributed by atoms with Gasteiger partial charge in [0.1, 0.15) is 5.82 Å². The Morgan fingerprint density at radius 2 is 2.20 bits per heavy atom. The fraction of sp³-hybridized carbons (Fsp3) is 0.0714. The van der Waals surface area contributed by atoms with E-state index in [0.29, 0.717) is 16.9 Å². The quantitative estimate of drug-likeness (QED) is 0.778. The van der Waals surface area contributed by atoms with Crippen LogP contribution in [0.15, 0.2) is 40.9 Å². The SMILES string of the molecule is CC(=O)Nc1ccc(F)c(-c2nc3ncccc3o2)c1. The molecule has 6 heteroatoms. The van der Waals surface area contributed by atoms with E-state index < -0.39 is 5.82 Å². The van der Waals surface area contributed by atoms with Crippen LogP contribution < -0.4 is 5.32 Å². The first-order chi connectivity index (χ1) is 9.63. The second-order valence-corrected chi connectivity index (χ2v) is 4.22. The highest BCUT2D eigenvalue weighted by molar-refractivity contribution is 5.89. The number of benzene rings is 1. The van der Waals surface area contributed by atoms with E-state index in [9.17, 15) is 9.18 Å². The van der Waals surface area contributed by atoms with Gasteiger partial charge in [-0.15, -0.1) is 0 Å². The van der Waals surface area contributed by atoms with Crippen molar-refractivity contribution in [3.63, 3.8) is 0 Å². The number of halogens is 1. The number of nitrogens with one attached hydrogen (secondary N) is 1. The van der Waals surface area contributed by atoms with Gasteiger partial charge >= 0.3 is 0 Å². The summed E-state index contributed by atoms with van der Waals surface area (Å²) in [4.78, 5) is 19.2. The maximum atomic E-state index is 13.9. The highest BCUT2D eigenvalue weighted by Crippen LogP contribution is 2.27. The number of nitrogens with zero attached hydrogens (tertiary/aromatic N) is 2. The number of amides is 1. The molecule has 100 valence electrons. The lowest BCUT2D eigenvalue weighted by molar-refractivity contribution is -0.114. The second-order valence-electron chi connectivity index (χ2n) is 4.22. The lowest BCUT2D eigenvalue weighted by atomic mass is 10.2. The van der Waals surface area contributed by atoms with Crippen molar-refractivity contribution in [1.82, 2.24) is 9.97 Å². The highest BCUT2D eigenvalue weighted by Gasteiger charge is 2.14. The Balaban J connectivity index is 2.10. The Bertz CT molecular complexity index is 765. The number of carbonyl (C=O) groups is 1. The summed E-state index contributed by atoms with van der Waals surface area (Å²) >= 11 is 0. The number of fused-ring (bicyclic) bond motifs is 1. The van der Waals surface area contributed by atoms with Crippen LogP contribution in [-0.4, -0.2) is 15.9 Å². The van der Waals surface area contributed by atoms with Crippen LogP contribution >= 0.6 is 0 Å². The summed E-state index contributed by atoms with van der Waals surface area (Å²) in [7, 11) is 0. The van der Waals surface area contributed by atoms with E-state index in [-0.39, 0.29) is 17.4 Å². The number of pyridine rings is 1. The molecule has 20 heavy (non-hydrogen) atoms. The molecule has 0 atom stereocenters. The second kappa shape index (κ2) is 4.73. The van der Waals surface area contributed by atoms with Crippen molar-refractivity contribution in [2.45, 2.75) is 6.92 Å². The standard InChI is InChI=1S/C14H10FN3O2/c1-8(19)17-9-4-5-11(15)10(7-9)14-18-13-12(20-14)3-2-6-16-13/h2-7H,1H3,(H,17,19). The van der Waals surface area contributed by atoms with Crippen molar-refractivity contribution in [3.8, 4) is 11.5 Å². The van der Waals surface area contributed by atoms with E-state index >= 15 is 0 Å². The summed E-state index contributed by atoms with van der Waals surface area (Å²) < 4.78 is 19.4. The Kier molecular flexibility index (Phi) is 2.90. The van der Waals surface area contributed by atoms with Gasteiger partial charge in [0.05, 0.1) is 5.56 Å². The van der Waals surface area contributed by atoms with Crippen molar-refractivity contribution in [2.24, 2.45) is 0 Å². The van der Waals surface area contributed by atoms with Crippen LogP contribution in [0.25, 0.3) is 22.7 Å². The number of oxazole rings is 1. The molecule has 3 rings (SSSR count). The maximum Gasteiger partial charge on any atom is 0.231 e. The summed E-state index contributed by atoms with van der Waals surface area (Å²) in [5, 5.41) is 2.59. The highest BCUT2D eigenvalue weighted by atomic mass is 19.1. The Morgan fingerprint density at radius 1 is 1.35 bits per heavy atom. The predicted octanol–water partition coefficient (Wildman–Crippen LogP) is 2.99. The van der Waals surface area contributed by atoms with Crippen LogP contribution in [0.4, 0.5) is 10.1 Å². The first kappa shape index (κ1) is 12.3. The third-order valence-electron chi connectivity index (χ3n) is 2.68. The van der Waals surface area contributed by atoms with E-state index in [1.807, 2.05) is 0 Å². The molecule has 1 aromatic carbocycles. The number of hydrogen-bond acceptors (Lipinski definition) is 4. The molecule has 1 amide bonds. The largest absolute Gasteiger partial charge is 0.434 e. The van der Waals surface area contributed by atoms with Crippen LogP contribution in [0.5, 0.6) is 0 Å². The van der Waals surface area contributed by atoms with E-state index in [1.54, 1.807) is 18.3 Å².